The van der Waals surface area contributed by atoms with Gasteiger partial charge in [0.15, 0.2) is 5.17 Å². The lowest BCUT2D eigenvalue weighted by Gasteiger charge is -2.34. The molecular formula is C17H27FN4S2. The Morgan fingerprint density at radius 2 is 2.00 bits per heavy atom. The van der Waals surface area contributed by atoms with Gasteiger partial charge >= 0.3 is 0 Å². The van der Waals surface area contributed by atoms with Crippen molar-refractivity contribution >= 4 is 39.8 Å². The third-order valence-corrected chi connectivity index (χ3v) is 4.65. The molecule has 0 bridgehead atoms. The van der Waals surface area contributed by atoms with E-state index >= 15 is 0 Å². The van der Waals surface area contributed by atoms with Crippen molar-refractivity contribution in [3.05, 3.63) is 29.6 Å². The highest BCUT2D eigenvalue weighted by atomic mass is 32.2. The predicted molar refractivity (Wildman–Crippen MR) is 109 cm³/mol. The second kappa shape index (κ2) is 9.96. The lowest BCUT2D eigenvalue weighted by molar-refractivity contribution is 0.311. The van der Waals surface area contributed by atoms with Crippen LogP contribution in [-0.4, -0.2) is 54.0 Å². The first-order chi connectivity index (χ1) is 11.0. The molecule has 0 atom stereocenters. The molecule has 0 radical (unpaired) electrons. The molecule has 134 valence electrons. The second-order valence-electron chi connectivity index (χ2n) is 5.53. The van der Waals surface area contributed by atoms with Gasteiger partial charge in [0.2, 0.25) is 0 Å². The maximum Gasteiger partial charge on any atom is 0.159 e. The van der Waals surface area contributed by atoms with E-state index in [2.05, 4.69) is 21.8 Å². The van der Waals surface area contributed by atoms with E-state index in [-0.39, 0.29) is 13.2 Å². The summed E-state index contributed by atoms with van der Waals surface area (Å²) in [6.07, 6.45) is 0.431. The molecule has 1 aromatic carbocycles. The first kappa shape index (κ1) is 20.9. The summed E-state index contributed by atoms with van der Waals surface area (Å²) >= 11 is 6.67. The molecule has 1 aliphatic heterocycles. The lowest BCUT2D eigenvalue weighted by atomic mass is 10.1. The van der Waals surface area contributed by atoms with E-state index in [9.17, 15) is 4.39 Å². The fourth-order valence-corrected chi connectivity index (χ4v) is 3.27. The number of hydrogen-bond acceptors (Lipinski definition) is 4. The summed E-state index contributed by atoms with van der Waals surface area (Å²) in [4.78, 5) is 8.98. The average molecular weight is 371 g/mol. The smallest absolute Gasteiger partial charge is 0.159 e. The maximum absolute atomic E-state index is 14.4. The SMILES string of the molecule is C.CCSC(N)=NC(=S)Cc1ccc(N2CCN(C)CC2)c(F)c1. The molecule has 2 N–H and O–H groups in total. The van der Waals surface area contributed by atoms with Gasteiger partial charge in [0, 0.05) is 32.6 Å². The van der Waals surface area contributed by atoms with Crippen molar-refractivity contribution < 1.29 is 4.39 Å². The summed E-state index contributed by atoms with van der Waals surface area (Å²) in [6.45, 7) is 5.60. The van der Waals surface area contributed by atoms with Gasteiger partial charge in [-0.3, -0.25) is 0 Å². The fraction of sp³-hybridized carbons (Fsp3) is 0.529. The van der Waals surface area contributed by atoms with Gasteiger partial charge in [-0.25, -0.2) is 9.38 Å². The molecule has 1 saturated heterocycles. The van der Waals surface area contributed by atoms with Crippen LogP contribution in [0.25, 0.3) is 0 Å². The number of thioether (sulfide) groups is 1. The van der Waals surface area contributed by atoms with Gasteiger partial charge in [-0.1, -0.05) is 44.4 Å². The normalized spacial score (nSPS) is 16.0. The zero-order valence-corrected chi connectivity index (χ0v) is 15.2. The van der Waals surface area contributed by atoms with Crippen LogP contribution >= 0.6 is 24.0 Å². The Labute approximate surface area is 154 Å². The third kappa shape index (κ3) is 6.03. The van der Waals surface area contributed by atoms with Gasteiger partial charge in [0.05, 0.1) is 5.69 Å². The quantitative estimate of drug-likeness (QED) is 0.501. The number of thiocarbonyl (C=S) groups is 1. The summed E-state index contributed by atoms with van der Waals surface area (Å²) in [5, 5.41) is 0.465. The Morgan fingerprint density at radius 3 is 2.58 bits per heavy atom. The number of halogens is 1. The Hall–Kier alpha value is -1.18. The molecule has 0 aromatic heterocycles. The topological polar surface area (TPSA) is 44.9 Å². The third-order valence-electron chi connectivity index (χ3n) is 3.74. The summed E-state index contributed by atoms with van der Waals surface area (Å²) in [5.41, 5.74) is 7.23. The van der Waals surface area contributed by atoms with Crippen molar-refractivity contribution in [3.8, 4) is 0 Å². The van der Waals surface area contributed by atoms with Crippen LogP contribution in [0.2, 0.25) is 0 Å². The van der Waals surface area contributed by atoms with E-state index in [4.69, 9.17) is 18.0 Å². The summed E-state index contributed by atoms with van der Waals surface area (Å²) in [6, 6.07) is 5.31. The highest BCUT2D eigenvalue weighted by Crippen LogP contribution is 2.22. The molecule has 24 heavy (non-hydrogen) atoms. The van der Waals surface area contributed by atoms with Gasteiger partial charge in [0.25, 0.3) is 0 Å². The standard InChI is InChI=1S/C16H23FN4S2.CH4/c1-3-23-16(18)19-15(22)11-12-4-5-14(13(17)10-12)21-8-6-20(2)7-9-21;/h4-5,10H,3,6-9,11H2,1-2H3,(H2,18,19,22);1H4. The van der Waals surface area contributed by atoms with Crippen LogP contribution in [0.4, 0.5) is 10.1 Å². The molecule has 0 unspecified atom stereocenters. The Balaban J connectivity index is 0.00000288. The molecule has 0 spiro atoms. The number of rotatable bonds is 4. The highest BCUT2D eigenvalue weighted by molar-refractivity contribution is 8.13. The van der Waals surface area contributed by atoms with Crippen LogP contribution in [0.15, 0.2) is 23.2 Å². The maximum atomic E-state index is 14.4. The van der Waals surface area contributed by atoms with Crippen molar-refractivity contribution in [2.75, 3.05) is 43.9 Å². The van der Waals surface area contributed by atoms with E-state index < -0.39 is 0 Å². The lowest BCUT2D eigenvalue weighted by Crippen LogP contribution is -2.44. The Bertz CT molecular complexity index is 584. The number of anilines is 1. The highest BCUT2D eigenvalue weighted by Gasteiger charge is 2.17. The zero-order chi connectivity index (χ0) is 16.8. The number of benzene rings is 1. The first-order valence-corrected chi connectivity index (χ1v) is 9.10. The Kier molecular flexibility index (Phi) is 8.66. The van der Waals surface area contributed by atoms with Crippen molar-refractivity contribution in [2.45, 2.75) is 20.8 Å². The van der Waals surface area contributed by atoms with Gasteiger partial charge in [-0.05, 0) is 30.5 Å². The fourth-order valence-electron chi connectivity index (χ4n) is 2.48. The van der Waals surface area contributed by atoms with E-state index in [1.54, 1.807) is 6.07 Å². The summed E-state index contributed by atoms with van der Waals surface area (Å²) < 4.78 is 14.4. The predicted octanol–water partition coefficient (Wildman–Crippen LogP) is 3.15. The number of hydrogen-bond donors (Lipinski definition) is 1. The molecule has 1 aromatic rings. The molecule has 0 saturated carbocycles. The van der Waals surface area contributed by atoms with Crippen LogP contribution in [0, 0.1) is 5.82 Å². The largest absolute Gasteiger partial charge is 0.378 e. The minimum Gasteiger partial charge on any atom is -0.378 e. The van der Waals surface area contributed by atoms with Gasteiger partial charge in [0.1, 0.15) is 10.8 Å². The number of amidine groups is 1. The van der Waals surface area contributed by atoms with E-state index in [0.29, 0.717) is 22.3 Å². The molecule has 7 heteroatoms. The molecule has 4 nitrogen and oxygen atoms in total. The Morgan fingerprint density at radius 1 is 1.33 bits per heavy atom. The minimum absolute atomic E-state index is 0. The first-order valence-electron chi connectivity index (χ1n) is 7.71. The van der Waals surface area contributed by atoms with Crippen LogP contribution in [0.3, 0.4) is 0 Å². The number of piperazine rings is 1. The number of likely N-dealkylation sites (N-methyl/N-ethyl adjacent to an activating group) is 1. The summed E-state index contributed by atoms with van der Waals surface area (Å²) in [5.74, 6) is 0.654. The van der Waals surface area contributed by atoms with E-state index in [1.807, 2.05) is 19.1 Å². The average Bonchev–Trinajstić information content (AvgIpc) is 2.48. The van der Waals surface area contributed by atoms with Crippen molar-refractivity contribution in [2.24, 2.45) is 10.7 Å². The van der Waals surface area contributed by atoms with Gasteiger partial charge < -0.3 is 15.5 Å². The van der Waals surface area contributed by atoms with Crippen molar-refractivity contribution in [3.63, 3.8) is 0 Å². The molecule has 1 fully saturated rings. The van der Waals surface area contributed by atoms with Gasteiger partial charge in [-0.15, -0.1) is 0 Å². The van der Waals surface area contributed by atoms with E-state index in [0.717, 1.165) is 37.5 Å². The molecule has 1 aliphatic rings. The zero-order valence-electron chi connectivity index (χ0n) is 13.6. The van der Waals surface area contributed by atoms with Crippen LogP contribution in [-0.2, 0) is 6.42 Å². The van der Waals surface area contributed by atoms with Gasteiger partial charge in [-0.2, -0.15) is 0 Å². The molecule has 1 heterocycles. The van der Waals surface area contributed by atoms with Crippen LogP contribution in [0.1, 0.15) is 19.9 Å². The summed E-state index contributed by atoms with van der Waals surface area (Å²) in [7, 11) is 2.08. The number of nitrogens with two attached hydrogens (primary N) is 1. The van der Waals surface area contributed by atoms with Crippen molar-refractivity contribution in [1.82, 2.24) is 4.90 Å². The number of nitrogens with zero attached hydrogens (tertiary/aromatic N) is 3. The molecule has 0 aliphatic carbocycles. The van der Waals surface area contributed by atoms with Crippen molar-refractivity contribution in [1.29, 1.82) is 0 Å². The van der Waals surface area contributed by atoms with Crippen LogP contribution < -0.4 is 10.6 Å². The molecule has 2 rings (SSSR count). The van der Waals surface area contributed by atoms with E-state index in [1.165, 1.54) is 11.8 Å². The monoisotopic (exact) mass is 370 g/mol. The van der Waals surface area contributed by atoms with Crippen LogP contribution in [0.5, 0.6) is 0 Å². The minimum atomic E-state index is -0.199. The molecule has 0 amide bonds. The second-order valence-corrected chi connectivity index (χ2v) is 7.29. The molecular weight excluding hydrogens is 343 g/mol. The number of aliphatic imine (C=N–C) groups is 1.